The monoisotopic (exact) mass is 307 g/mol. The van der Waals surface area contributed by atoms with Gasteiger partial charge in [-0.3, -0.25) is 4.99 Å². The maximum atomic E-state index is 13.0. The molecule has 0 spiro atoms. The Bertz CT molecular complexity index is 719. The first kappa shape index (κ1) is 14.7. The van der Waals surface area contributed by atoms with Crippen LogP contribution in [0.5, 0.6) is 0 Å². The molecule has 0 N–H and O–H groups in total. The zero-order valence-electron chi connectivity index (χ0n) is 13.5. The van der Waals surface area contributed by atoms with Crippen LogP contribution >= 0.6 is 0 Å². The van der Waals surface area contributed by atoms with E-state index >= 15 is 0 Å². The van der Waals surface area contributed by atoms with Gasteiger partial charge in [-0.2, -0.15) is 0 Å². The van der Waals surface area contributed by atoms with Crippen molar-refractivity contribution in [3.8, 4) is 0 Å². The molecule has 0 amide bonds. The number of nitrogens with zero attached hydrogens (tertiary/aromatic N) is 2. The number of hydrogen-bond acceptors (Lipinski definition) is 1. The number of halogens is 1. The van der Waals surface area contributed by atoms with E-state index in [0.717, 1.165) is 12.2 Å². The molecule has 2 nitrogen and oxygen atoms in total. The maximum Gasteiger partial charge on any atom is 0.175 e. The van der Waals surface area contributed by atoms with Gasteiger partial charge >= 0.3 is 0 Å². The van der Waals surface area contributed by atoms with Crippen LogP contribution in [0.25, 0.3) is 0 Å². The highest BCUT2D eigenvalue weighted by Crippen LogP contribution is 2.41. The molecule has 117 valence electrons. The van der Waals surface area contributed by atoms with Crippen LogP contribution in [0.15, 0.2) is 41.5 Å². The summed E-state index contributed by atoms with van der Waals surface area (Å²) in [6.45, 7) is 2.22. The predicted molar refractivity (Wildman–Crippen MR) is 93.2 cm³/mol. The molecule has 2 heterocycles. The first-order chi connectivity index (χ1) is 11.2. The van der Waals surface area contributed by atoms with Gasteiger partial charge in [0.15, 0.2) is 7.28 Å². The lowest BCUT2D eigenvalue weighted by molar-refractivity contribution is 0.478. The van der Waals surface area contributed by atoms with Gasteiger partial charge in [0, 0.05) is 12.2 Å². The minimum absolute atomic E-state index is 0.152. The summed E-state index contributed by atoms with van der Waals surface area (Å²) in [6.07, 6.45) is 8.83. The summed E-state index contributed by atoms with van der Waals surface area (Å²) in [5.41, 5.74) is 2.59. The standard InChI is InChI=1S/C19H21BFN2/c1-13-18-8-9-23(19(18)22-12-20-13)17-7-4-15(11-17)10-14-2-5-16(21)6-3-14/h2-3,5-6,8-9,12-13,15,17H,4,7,10-11H2,1H3. The van der Waals surface area contributed by atoms with Crippen molar-refractivity contribution in [3.63, 3.8) is 0 Å². The molecule has 1 aliphatic carbocycles. The highest BCUT2D eigenvalue weighted by Gasteiger charge is 2.29. The van der Waals surface area contributed by atoms with Crippen molar-refractivity contribution < 1.29 is 4.39 Å². The topological polar surface area (TPSA) is 17.3 Å². The van der Waals surface area contributed by atoms with Crippen molar-refractivity contribution in [2.24, 2.45) is 10.9 Å². The van der Waals surface area contributed by atoms with Gasteiger partial charge in [0.05, 0.1) is 0 Å². The van der Waals surface area contributed by atoms with E-state index in [1.54, 1.807) is 12.1 Å². The van der Waals surface area contributed by atoms with E-state index in [2.05, 4.69) is 36.0 Å². The van der Waals surface area contributed by atoms with Gasteiger partial charge in [0.1, 0.15) is 11.6 Å². The quantitative estimate of drug-likeness (QED) is 0.735. The Morgan fingerprint density at radius 3 is 2.87 bits per heavy atom. The van der Waals surface area contributed by atoms with Gasteiger partial charge in [-0.25, -0.2) is 4.39 Å². The van der Waals surface area contributed by atoms with Crippen LogP contribution in [0.2, 0.25) is 0 Å². The van der Waals surface area contributed by atoms with E-state index in [1.165, 1.54) is 30.4 Å². The van der Waals surface area contributed by atoms with Crippen molar-refractivity contribution in [1.29, 1.82) is 0 Å². The highest BCUT2D eigenvalue weighted by molar-refractivity contribution is 6.69. The summed E-state index contributed by atoms with van der Waals surface area (Å²) in [4.78, 5) is 4.61. The Morgan fingerprint density at radius 2 is 2.04 bits per heavy atom. The molecule has 1 aromatic carbocycles. The fourth-order valence-corrected chi connectivity index (χ4v) is 4.03. The van der Waals surface area contributed by atoms with E-state index in [0.29, 0.717) is 17.8 Å². The smallest absolute Gasteiger partial charge is 0.175 e. The molecule has 1 aliphatic heterocycles. The second-order valence-electron chi connectivity index (χ2n) is 6.92. The van der Waals surface area contributed by atoms with Crippen LogP contribution < -0.4 is 0 Å². The molecule has 1 radical (unpaired) electrons. The Balaban J connectivity index is 1.47. The summed E-state index contributed by atoms with van der Waals surface area (Å²) in [5, 5.41) is 0. The minimum Gasteiger partial charge on any atom is -0.330 e. The summed E-state index contributed by atoms with van der Waals surface area (Å²) in [5.74, 6) is 2.13. The fraction of sp³-hybridized carbons (Fsp3) is 0.421. The van der Waals surface area contributed by atoms with Gasteiger partial charge < -0.3 is 4.57 Å². The first-order valence-electron chi connectivity index (χ1n) is 8.53. The number of aromatic nitrogens is 1. The van der Waals surface area contributed by atoms with Crippen molar-refractivity contribution in [2.75, 3.05) is 0 Å². The molecule has 1 saturated carbocycles. The molecule has 23 heavy (non-hydrogen) atoms. The van der Waals surface area contributed by atoms with Crippen LogP contribution in [0, 0.1) is 11.7 Å². The number of hydrogen-bond donors (Lipinski definition) is 0. The molecule has 4 heteroatoms. The van der Waals surface area contributed by atoms with Gasteiger partial charge in [0.25, 0.3) is 0 Å². The number of rotatable bonds is 3. The van der Waals surface area contributed by atoms with Gasteiger partial charge in [-0.1, -0.05) is 19.1 Å². The normalized spacial score (nSPS) is 26.1. The summed E-state index contributed by atoms with van der Waals surface area (Å²) >= 11 is 0. The molecular formula is C19H21BFN2. The van der Waals surface area contributed by atoms with Crippen molar-refractivity contribution in [3.05, 3.63) is 53.5 Å². The average molecular weight is 307 g/mol. The molecule has 2 aliphatic rings. The lowest BCUT2D eigenvalue weighted by atomic mass is 9.63. The largest absolute Gasteiger partial charge is 0.330 e. The predicted octanol–water partition coefficient (Wildman–Crippen LogP) is 4.65. The van der Waals surface area contributed by atoms with Crippen molar-refractivity contribution in [2.45, 2.75) is 44.5 Å². The van der Waals surface area contributed by atoms with Crippen molar-refractivity contribution >= 4 is 19.2 Å². The van der Waals surface area contributed by atoms with E-state index < -0.39 is 0 Å². The fourth-order valence-electron chi connectivity index (χ4n) is 4.03. The van der Waals surface area contributed by atoms with Crippen molar-refractivity contribution in [1.82, 2.24) is 4.57 Å². The summed E-state index contributed by atoms with van der Waals surface area (Å²) in [7, 11) is 2.15. The maximum absolute atomic E-state index is 13.0. The third kappa shape index (κ3) is 2.87. The molecule has 0 bridgehead atoms. The van der Waals surface area contributed by atoms with Gasteiger partial charge in [-0.05, 0) is 72.9 Å². The summed E-state index contributed by atoms with van der Waals surface area (Å²) < 4.78 is 15.4. The third-order valence-corrected chi connectivity index (χ3v) is 5.32. The zero-order chi connectivity index (χ0) is 15.8. The second-order valence-corrected chi connectivity index (χ2v) is 6.92. The lowest BCUT2D eigenvalue weighted by Gasteiger charge is -2.19. The molecule has 0 saturated heterocycles. The number of aliphatic imine (C=N–C) groups is 1. The Hall–Kier alpha value is -1.84. The molecule has 1 aromatic heterocycles. The Labute approximate surface area is 137 Å². The zero-order valence-corrected chi connectivity index (χ0v) is 13.5. The molecule has 3 atom stereocenters. The van der Waals surface area contributed by atoms with Gasteiger partial charge in [-0.15, -0.1) is 0 Å². The van der Waals surface area contributed by atoms with Crippen LogP contribution in [0.4, 0.5) is 10.2 Å². The van der Waals surface area contributed by atoms with Gasteiger partial charge in [0.2, 0.25) is 0 Å². The number of benzene rings is 1. The average Bonchev–Trinajstić information content (AvgIpc) is 3.17. The van der Waals surface area contributed by atoms with E-state index in [1.807, 2.05) is 18.2 Å². The second kappa shape index (κ2) is 5.99. The molecule has 1 fully saturated rings. The highest BCUT2D eigenvalue weighted by atomic mass is 19.1. The number of fused-ring (bicyclic) bond motifs is 1. The molecule has 2 aromatic rings. The molecular weight excluding hydrogens is 286 g/mol. The Kier molecular flexibility index (Phi) is 3.84. The van der Waals surface area contributed by atoms with Crippen LogP contribution in [0.3, 0.4) is 0 Å². The third-order valence-electron chi connectivity index (χ3n) is 5.32. The van der Waals surface area contributed by atoms with Crippen LogP contribution in [-0.4, -0.2) is 18.0 Å². The van der Waals surface area contributed by atoms with E-state index in [9.17, 15) is 4.39 Å². The summed E-state index contributed by atoms with van der Waals surface area (Å²) in [6, 6.07) is 9.74. The first-order valence-corrected chi connectivity index (χ1v) is 8.53. The van der Waals surface area contributed by atoms with Crippen LogP contribution in [0.1, 0.15) is 49.2 Å². The lowest BCUT2D eigenvalue weighted by Crippen LogP contribution is -2.12. The van der Waals surface area contributed by atoms with E-state index in [-0.39, 0.29) is 5.82 Å². The van der Waals surface area contributed by atoms with E-state index in [4.69, 9.17) is 0 Å². The Morgan fingerprint density at radius 1 is 1.22 bits per heavy atom. The minimum atomic E-state index is -0.152. The SMILES string of the molecule is CC1[B]C=Nc2c1ccn2C1CCC(Cc2ccc(F)cc2)C1. The molecule has 4 rings (SSSR count). The van der Waals surface area contributed by atoms with Crippen LogP contribution in [-0.2, 0) is 6.42 Å². The molecule has 3 unspecified atom stereocenters.